The maximum absolute atomic E-state index is 12.9. The Morgan fingerprint density at radius 1 is 0.640 bits per heavy atom. The number of aliphatic carboxylic acids is 3. The Morgan fingerprint density at radius 3 is 1.46 bits per heavy atom. The SMILES string of the molecule is CC(C)C[C@H](NC(=O)OCc1ccccc1)C(=O)N[C@@H](C)C(=O)O.O=C(O)C(C(=O)C(C(=O)O)c1c(Cl)cccc1Cl)c1c(Cl)cccc1Cl. The Morgan fingerprint density at radius 2 is 1.08 bits per heavy atom. The van der Waals surface area contributed by atoms with Crippen LogP contribution in [0.15, 0.2) is 66.7 Å². The Kier molecular flexibility index (Phi) is 16.5. The number of carbonyl (C=O) groups is 6. The molecule has 2 unspecified atom stereocenters. The molecular weight excluding hydrogens is 738 g/mol. The molecule has 0 aliphatic carbocycles. The topological polar surface area (TPSA) is 196 Å². The van der Waals surface area contributed by atoms with Gasteiger partial charge in [-0.15, -0.1) is 0 Å². The summed E-state index contributed by atoms with van der Waals surface area (Å²) >= 11 is 24.0. The third kappa shape index (κ3) is 12.2. The zero-order valence-electron chi connectivity index (χ0n) is 26.9. The predicted octanol–water partition coefficient (Wildman–Crippen LogP) is 6.82. The highest BCUT2D eigenvalue weighted by Gasteiger charge is 2.42. The van der Waals surface area contributed by atoms with Gasteiger partial charge in [-0.25, -0.2) is 4.79 Å². The fourth-order valence-electron chi connectivity index (χ4n) is 4.50. The van der Waals surface area contributed by atoms with Crippen molar-refractivity contribution < 1.29 is 48.8 Å². The minimum atomic E-state index is -1.91. The molecular formula is C34H34Cl4N2O10. The normalized spacial score (nSPS) is 13.0. The molecule has 0 heterocycles. The summed E-state index contributed by atoms with van der Waals surface area (Å²) in [5.74, 6) is -9.74. The van der Waals surface area contributed by atoms with Crippen LogP contribution >= 0.6 is 46.4 Å². The van der Waals surface area contributed by atoms with Gasteiger partial charge in [-0.3, -0.25) is 24.0 Å². The standard InChI is InChI=1S/C17H10Cl4O5.C17H24N2O5/c18-7-3-1-4-8(19)11(7)13(16(23)24)15(22)14(17(25)26)12-9(20)5-2-6-10(12)21;1-11(2)9-14(15(20)18-12(3)16(21)22)19-17(23)24-10-13-7-5-4-6-8-13/h1-6,13-14H,(H,23,24)(H,25,26);4-8,11-12,14H,9-10H2,1-3H3,(H,18,20)(H,19,23)(H,21,22)/t;12-,14-/m.0/s1. The van der Waals surface area contributed by atoms with Crippen molar-refractivity contribution in [2.75, 3.05) is 0 Å². The van der Waals surface area contributed by atoms with Crippen LogP contribution in [0.25, 0.3) is 0 Å². The van der Waals surface area contributed by atoms with Crippen molar-refractivity contribution in [3.63, 3.8) is 0 Å². The van der Waals surface area contributed by atoms with Gasteiger partial charge in [-0.2, -0.15) is 0 Å². The van der Waals surface area contributed by atoms with E-state index < -0.39 is 59.6 Å². The summed E-state index contributed by atoms with van der Waals surface area (Å²) in [4.78, 5) is 71.4. The lowest BCUT2D eigenvalue weighted by atomic mass is 9.83. The van der Waals surface area contributed by atoms with Crippen molar-refractivity contribution in [1.82, 2.24) is 10.6 Å². The Balaban J connectivity index is 0.000000348. The Labute approximate surface area is 307 Å². The summed E-state index contributed by atoms with van der Waals surface area (Å²) in [5, 5.41) is 32.5. The Bertz CT molecular complexity index is 1590. The average Bonchev–Trinajstić information content (AvgIpc) is 3.03. The molecule has 5 N–H and O–H groups in total. The molecule has 0 radical (unpaired) electrons. The summed E-state index contributed by atoms with van der Waals surface area (Å²) < 4.78 is 5.10. The van der Waals surface area contributed by atoms with Crippen LogP contribution in [0.2, 0.25) is 20.1 Å². The molecule has 0 fully saturated rings. The van der Waals surface area contributed by atoms with Gasteiger partial charge < -0.3 is 30.7 Å². The first-order chi connectivity index (χ1) is 23.5. The van der Waals surface area contributed by atoms with Gasteiger partial charge in [0.05, 0.1) is 0 Å². The number of carboxylic acids is 3. The van der Waals surface area contributed by atoms with Crippen molar-refractivity contribution in [2.45, 2.75) is 57.7 Å². The van der Waals surface area contributed by atoms with Crippen molar-refractivity contribution in [3.05, 3.63) is 104 Å². The fraction of sp³-hybridized carbons (Fsp3) is 0.294. The number of ketones is 1. The van der Waals surface area contributed by atoms with E-state index in [0.717, 1.165) is 5.56 Å². The van der Waals surface area contributed by atoms with Crippen LogP contribution in [-0.4, -0.2) is 63.1 Å². The molecule has 2 amide bonds. The molecule has 0 aliphatic rings. The fourth-order valence-corrected chi connectivity index (χ4v) is 5.73. The average molecular weight is 772 g/mol. The first-order valence-electron chi connectivity index (χ1n) is 14.8. The van der Waals surface area contributed by atoms with E-state index in [0.29, 0.717) is 6.42 Å². The number of alkyl carbamates (subject to hydrolysis) is 1. The van der Waals surface area contributed by atoms with E-state index in [1.807, 2.05) is 44.2 Å². The van der Waals surface area contributed by atoms with E-state index in [4.69, 9.17) is 56.2 Å². The lowest BCUT2D eigenvalue weighted by Gasteiger charge is -2.21. The molecule has 268 valence electrons. The largest absolute Gasteiger partial charge is 0.480 e. The van der Waals surface area contributed by atoms with Crippen LogP contribution in [0, 0.1) is 5.92 Å². The zero-order valence-corrected chi connectivity index (χ0v) is 29.9. The highest BCUT2D eigenvalue weighted by atomic mass is 35.5. The molecule has 3 aromatic rings. The van der Waals surface area contributed by atoms with E-state index in [2.05, 4.69) is 10.6 Å². The lowest BCUT2D eigenvalue weighted by Crippen LogP contribution is -2.51. The molecule has 0 saturated carbocycles. The number of halogens is 4. The highest BCUT2D eigenvalue weighted by Crippen LogP contribution is 2.39. The summed E-state index contributed by atoms with van der Waals surface area (Å²) in [6.45, 7) is 5.25. The second-order valence-electron chi connectivity index (χ2n) is 11.2. The monoisotopic (exact) mass is 770 g/mol. The zero-order chi connectivity index (χ0) is 37.7. The molecule has 3 rings (SSSR count). The minimum absolute atomic E-state index is 0.0763. The molecule has 0 bridgehead atoms. The second kappa shape index (κ2) is 19.7. The number of carbonyl (C=O) groups excluding carboxylic acids is 3. The van der Waals surface area contributed by atoms with Gasteiger partial charge in [0, 0.05) is 31.2 Å². The number of amides is 2. The molecule has 50 heavy (non-hydrogen) atoms. The van der Waals surface area contributed by atoms with Gasteiger partial charge in [-0.1, -0.05) is 103 Å². The van der Waals surface area contributed by atoms with Gasteiger partial charge >= 0.3 is 24.0 Å². The molecule has 12 nitrogen and oxygen atoms in total. The highest BCUT2D eigenvalue weighted by molar-refractivity contribution is 6.39. The van der Waals surface area contributed by atoms with Crippen LogP contribution in [0.4, 0.5) is 4.79 Å². The first kappa shape index (κ1) is 41.8. The van der Waals surface area contributed by atoms with Gasteiger partial charge in [0.2, 0.25) is 5.91 Å². The van der Waals surface area contributed by atoms with Crippen LogP contribution in [0.3, 0.4) is 0 Å². The van der Waals surface area contributed by atoms with Crippen LogP contribution in [0.5, 0.6) is 0 Å². The van der Waals surface area contributed by atoms with E-state index >= 15 is 0 Å². The number of hydrogen-bond donors (Lipinski definition) is 5. The van der Waals surface area contributed by atoms with Gasteiger partial charge in [0.1, 0.15) is 30.5 Å². The maximum Gasteiger partial charge on any atom is 0.408 e. The van der Waals surface area contributed by atoms with Gasteiger partial charge in [0.15, 0.2) is 5.78 Å². The quantitative estimate of drug-likeness (QED) is 0.108. The molecule has 4 atom stereocenters. The third-order valence-corrected chi connectivity index (χ3v) is 8.22. The van der Waals surface area contributed by atoms with E-state index in [1.54, 1.807) is 0 Å². The van der Waals surface area contributed by atoms with Crippen molar-refractivity contribution in [2.24, 2.45) is 5.92 Å². The summed E-state index contributed by atoms with van der Waals surface area (Å²) in [5.41, 5.74) is 0.447. The maximum atomic E-state index is 12.9. The minimum Gasteiger partial charge on any atom is -0.480 e. The number of benzene rings is 3. The first-order valence-corrected chi connectivity index (χ1v) is 16.3. The van der Waals surface area contributed by atoms with Gasteiger partial charge in [0.25, 0.3) is 0 Å². The number of Topliss-reactive ketones (excluding diaryl/α,β-unsaturated/α-hetero) is 1. The van der Waals surface area contributed by atoms with Crippen molar-refractivity contribution >= 4 is 82.1 Å². The van der Waals surface area contributed by atoms with Crippen LogP contribution < -0.4 is 10.6 Å². The summed E-state index contributed by atoms with van der Waals surface area (Å²) in [6.07, 6.45) is -0.346. The third-order valence-electron chi connectivity index (χ3n) is 6.90. The van der Waals surface area contributed by atoms with Gasteiger partial charge in [-0.05, 0) is 49.1 Å². The van der Waals surface area contributed by atoms with Crippen molar-refractivity contribution in [1.29, 1.82) is 0 Å². The molecule has 16 heteroatoms. The molecule has 3 aromatic carbocycles. The van der Waals surface area contributed by atoms with E-state index in [-0.39, 0.29) is 43.7 Å². The molecule has 0 aliphatic heterocycles. The summed E-state index contributed by atoms with van der Waals surface area (Å²) in [6, 6.07) is 15.6. The summed E-state index contributed by atoms with van der Waals surface area (Å²) in [7, 11) is 0. The number of rotatable bonds is 14. The smallest absolute Gasteiger partial charge is 0.408 e. The molecule has 0 aromatic heterocycles. The predicted molar refractivity (Wildman–Crippen MR) is 187 cm³/mol. The number of nitrogens with one attached hydrogen (secondary N) is 2. The number of ether oxygens (including phenoxy) is 1. The van der Waals surface area contributed by atoms with E-state index in [1.165, 1.54) is 43.3 Å². The molecule has 0 spiro atoms. The number of hydrogen-bond acceptors (Lipinski definition) is 7. The van der Waals surface area contributed by atoms with Crippen LogP contribution in [-0.2, 0) is 35.3 Å². The van der Waals surface area contributed by atoms with E-state index in [9.17, 15) is 39.0 Å². The van der Waals surface area contributed by atoms with Crippen molar-refractivity contribution in [3.8, 4) is 0 Å². The number of carboxylic acid groups (broad SMARTS) is 3. The molecule has 0 saturated heterocycles. The lowest BCUT2D eigenvalue weighted by molar-refractivity contribution is -0.147. The Hall–Kier alpha value is -4.36. The van der Waals surface area contributed by atoms with Crippen LogP contribution in [0.1, 0.15) is 55.7 Å². The second-order valence-corrected chi connectivity index (χ2v) is 12.8.